The van der Waals surface area contributed by atoms with Gasteiger partial charge >= 0.3 is 0 Å². The van der Waals surface area contributed by atoms with Crippen molar-refractivity contribution in [2.75, 3.05) is 20.3 Å². The molecule has 0 saturated heterocycles. The first kappa shape index (κ1) is 18.6. The van der Waals surface area contributed by atoms with E-state index in [1.165, 1.54) is 12.1 Å². The topological polar surface area (TPSA) is 84.5 Å². The maximum absolute atomic E-state index is 12.2. The summed E-state index contributed by atoms with van der Waals surface area (Å²) in [6, 6.07) is 4.53. The number of hydrogen-bond donors (Lipinski definition) is 2. The lowest BCUT2D eigenvalue weighted by Gasteiger charge is -2.12. The molecule has 2 N–H and O–H groups in total. The summed E-state index contributed by atoms with van der Waals surface area (Å²) in [5.41, 5.74) is 1.10. The molecule has 1 amide bonds. The first-order chi connectivity index (χ1) is 10.3. The van der Waals surface area contributed by atoms with Crippen LogP contribution in [-0.2, 0) is 14.8 Å². The van der Waals surface area contributed by atoms with Gasteiger partial charge < -0.3 is 10.1 Å². The van der Waals surface area contributed by atoms with Crippen LogP contribution in [0.4, 0.5) is 0 Å². The summed E-state index contributed by atoms with van der Waals surface area (Å²) in [7, 11) is -2.06. The Balaban J connectivity index is 2.94. The summed E-state index contributed by atoms with van der Waals surface area (Å²) in [6.45, 7) is 6.25. The molecule has 0 heterocycles. The van der Waals surface area contributed by atoms with Gasteiger partial charge in [-0.2, -0.15) is 0 Å². The van der Waals surface area contributed by atoms with Crippen molar-refractivity contribution in [1.82, 2.24) is 10.0 Å². The van der Waals surface area contributed by atoms with Gasteiger partial charge in [-0.25, -0.2) is 13.1 Å². The molecule has 0 fully saturated rings. The monoisotopic (exact) mass is 328 g/mol. The van der Waals surface area contributed by atoms with Crippen LogP contribution in [-0.4, -0.2) is 40.6 Å². The molecule has 124 valence electrons. The Labute approximate surface area is 132 Å². The van der Waals surface area contributed by atoms with Crippen LogP contribution < -0.4 is 10.0 Å². The largest absolute Gasteiger partial charge is 0.385 e. The lowest BCUT2D eigenvalue weighted by atomic mass is 10.1. The third-order valence-corrected chi connectivity index (χ3v) is 4.46. The Kier molecular flexibility index (Phi) is 6.99. The number of benzene rings is 1. The number of ether oxygens (including phenoxy) is 1. The molecule has 22 heavy (non-hydrogen) atoms. The number of sulfonamides is 1. The van der Waals surface area contributed by atoms with Crippen LogP contribution in [0, 0.1) is 6.92 Å². The molecule has 0 atom stereocenters. The van der Waals surface area contributed by atoms with Crippen molar-refractivity contribution < 1.29 is 17.9 Å². The van der Waals surface area contributed by atoms with Gasteiger partial charge in [0.2, 0.25) is 10.0 Å². The first-order valence-electron chi connectivity index (χ1n) is 7.18. The third-order valence-electron chi connectivity index (χ3n) is 3.00. The van der Waals surface area contributed by atoms with E-state index in [9.17, 15) is 13.2 Å². The van der Waals surface area contributed by atoms with Gasteiger partial charge in [0.05, 0.1) is 4.90 Å². The van der Waals surface area contributed by atoms with Crippen molar-refractivity contribution in [2.45, 2.75) is 38.1 Å². The van der Waals surface area contributed by atoms with Crippen molar-refractivity contribution in [3.05, 3.63) is 29.3 Å². The van der Waals surface area contributed by atoms with Crippen molar-refractivity contribution in [3.63, 3.8) is 0 Å². The molecule has 0 bridgehead atoms. The first-order valence-corrected chi connectivity index (χ1v) is 8.66. The summed E-state index contributed by atoms with van der Waals surface area (Å²) in [5.74, 6) is -0.274. The molecule has 1 rings (SSSR count). The molecular formula is C15H24N2O4S. The normalized spacial score (nSPS) is 11.7. The number of aryl methyl sites for hydroxylation is 1. The van der Waals surface area contributed by atoms with Crippen LogP contribution in [0.15, 0.2) is 23.1 Å². The van der Waals surface area contributed by atoms with E-state index in [1.54, 1.807) is 20.1 Å². The molecule has 6 nitrogen and oxygen atoms in total. The lowest BCUT2D eigenvalue weighted by molar-refractivity contribution is 0.0942. The number of hydrogen-bond acceptors (Lipinski definition) is 4. The average molecular weight is 328 g/mol. The Bertz CT molecular complexity index is 612. The van der Waals surface area contributed by atoms with E-state index in [0.29, 0.717) is 18.6 Å². The predicted octanol–water partition coefficient (Wildman–Crippen LogP) is 1.45. The minimum Gasteiger partial charge on any atom is -0.385 e. The van der Waals surface area contributed by atoms with Crippen LogP contribution in [0.1, 0.15) is 36.2 Å². The Morgan fingerprint density at radius 1 is 1.32 bits per heavy atom. The lowest BCUT2D eigenvalue weighted by Crippen LogP contribution is -2.31. The molecular weight excluding hydrogens is 304 g/mol. The maximum Gasteiger partial charge on any atom is 0.251 e. The molecule has 7 heteroatoms. The zero-order valence-corrected chi connectivity index (χ0v) is 14.3. The van der Waals surface area contributed by atoms with Gasteiger partial charge in [0.15, 0.2) is 0 Å². The number of carbonyl (C=O) groups is 1. The minimum absolute atomic E-state index is 0.0145. The van der Waals surface area contributed by atoms with Gasteiger partial charge in [0, 0.05) is 31.9 Å². The Morgan fingerprint density at radius 2 is 2.00 bits per heavy atom. The third kappa shape index (κ3) is 5.40. The number of nitrogens with one attached hydrogen (secondary N) is 2. The van der Waals surface area contributed by atoms with E-state index >= 15 is 0 Å². The second-order valence-electron chi connectivity index (χ2n) is 5.35. The molecule has 0 radical (unpaired) electrons. The zero-order valence-electron chi connectivity index (χ0n) is 13.5. The number of methoxy groups -OCH3 is 1. The molecule has 1 aromatic carbocycles. The number of amides is 1. The fraction of sp³-hybridized carbons (Fsp3) is 0.533. The predicted molar refractivity (Wildman–Crippen MR) is 85.5 cm³/mol. The van der Waals surface area contributed by atoms with Crippen LogP contribution in [0.2, 0.25) is 0 Å². The molecule has 0 spiro atoms. The van der Waals surface area contributed by atoms with Gasteiger partial charge in [0.25, 0.3) is 5.91 Å². The fourth-order valence-electron chi connectivity index (χ4n) is 1.86. The van der Waals surface area contributed by atoms with Gasteiger partial charge in [-0.05, 0) is 44.9 Å². The van der Waals surface area contributed by atoms with Gasteiger partial charge in [-0.1, -0.05) is 6.07 Å². The molecule has 1 aromatic rings. The quantitative estimate of drug-likeness (QED) is 0.707. The highest BCUT2D eigenvalue weighted by molar-refractivity contribution is 7.89. The Morgan fingerprint density at radius 3 is 2.59 bits per heavy atom. The van der Waals surface area contributed by atoms with Gasteiger partial charge in [-0.3, -0.25) is 4.79 Å². The fourth-order valence-corrected chi connectivity index (χ4v) is 2.96. The smallest absolute Gasteiger partial charge is 0.251 e. The molecule has 0 aliphatic rings. The highest BCUT2D eigenvalue weighted by Crippen LogP contribution is 2.16. The van der Waals surface area contributed by atoms with E-state index in [-0.39, 0.29) is 23.4 Å². The van der Waals surface area contributed by atoms with Crippen molar-refractivity contribution in [3.8, 4) is 0 Å². The molecule has 0 aliphatic carbocycles. The van der Waals surface area contributed by atoms with Crippen LogP contribution in [0.5, 0.6) is 0 Å². The summed E-state index contributed by atoms with van der Waals surface area (Å²) in [5, 5.41) is 2.77. The van der Waals surface area contributed by atoms with Crippen molar-refractivity contribution in [2.24, 2.45) is 0 Å². The van der Waals surface area contributed by atoms with E-state index < -0.39 is 10.0 Å². The highest BCUT2D eigenvalue weighted by Gasteiger charge is 2.18. The second-order valence-corrected chi connectivity index (χ2v) is 7.12. The van der Waals surface area contributed by atoms with Crippen LogP contribution in [0.25, 0.3) is 0 Å². The van der Waals surface area contributed by atoms with Crippen LogP contribution in [0.3, 0.4) is 0 Å². The molecule has 0 saturated carbocycles. The van der Waals surface area contributed by atoms with Gasteiger partial charge in [0.1, 0.15) is 0 Å². The number of rotatable bonds is 8. The summed E-state index contributed by atoms with van der Waals surface area (Å²) in [6.07, 6.45) is 0.586. The van der Waals surface area contributed by atoms with Crippen molar-refractivity contribution in [1.29, 1.82) is 0 Å². The highest BCUT2D eigenvalue weighted by atomic mass is 32.2. The molecule has 0 aromatic heterocycles. The number of carbonyl (C=O) groups excluding carboxylic acids is 1. The average Bonchev–Trinajstić information content (AvgIpc) is 2.43. The van der Waals surface area contributed by atoms with Crippen LogP contribution >= 0.6 is 0 Å². The van der Waals surface area contributed by atoms with Gasteiger partial charge in [-0.15, -0.1) is 0 Å². The standard InChI is InChI=1S/C15H24N2O4S/c1-11(2)17-15(18)14-10-13(7-6-12(14)3)22(19,20)16-8-5-9-21-4/h6-7,10-11,16H,5,8-9H2,1-4H3,(H,17,18). The summed E-state index contributed by atoms with van der Waals surface area (Å²) in [4.78, 5) is 12.2. The van der Waals surface area contributed by atoms with E-state index in [0.717, 1.165) is 5.56 Å². The summed E-state index contributed by atoms with van der Waals surface area (Å²) < 4.78 is 31.8. The van der Waals surface area contributed by atoms with E-state index in [2.05, 4.69) is 10.0 Å². The maximum atomic E-state index is 12.2. The Hall–Kier alpha value is -1.44. The summed E-state index contributed by atoms with van der Waals surface area (Å²) >= 11 is 0. The zero-order chi connectivity index (χ0) is 16.8. The molecule has 0 unspecified atom stereocenters. The van der Waals surface area contributed by atoms with Crippen molar-refractivity contribution >= 4 is 15.9 Å². The SMILES string of the molecule is COCCCNS(=O)(=O)c1ccc(C)c(C(=O)NC(C)C)c1. The second kappa shape index (κ2) is 8.26. The van der Waals surface area contributed by atoms with E-state index in [4.69, 9.17) is 4.74 Å². The minimum atomic E-state index is -3.63. The van der Waals surface area contributed by atoms with E-state index in [1.807, 2.05) is 13.8 Å². The molecule has 0 aliphatic heterocycles.